The summed E-state index contributed by atoms with van der Waals surface area (Å²) in [6.07, 6.45) is 8.26. The molecular formula is C12H18N2S. The van der Waals surface area contributed by atoms with Gasteiger partial charge in [-0.05, 0) is 32.6 Å². The molecule has 82 valence electrons. The lowest BCUT2D eigenvalue weighted by Gasteiger charge is -2.18. The molecule has 0 fully saturated rings. The van der Waals surface area contributed by atoms with Gasteiger partial charge in [0, 0.05) is 23.5 Å². The highest BCUT2D eigenvalue weighted by Crippen LogP contribution is 2.22. The van der Waals surface area contributed by atoms with Crippen molar-refractivity contribution in [1.82, 2.24) is 4.98 Å². The summed E-state index contributed by atoms with van der Waals surface area (Å²) in [6.45, 7) is 2.03. The number of aryl methyl sites for hydroxylation is 1. The molecule has 2 rings (SSSR count). The highest BCUT2D eigenvalue weighted by Gasteiger charge is 2.13. The minimum Gasteiger partial charge on any atom is -0.324 e. The third kappa shape index (κ3) is 2.89. The van der Waals surface area contributed by atoms with E-state index in [9.17, 15) is 0 Å². The second-order valence-corrected chi connectivity index (χ2v) is 5.16. The van der Waals surface area contributed by atoms with Crippen LogP contribution in [-0.4, -0.2) is 11.0 Å². The zero-order chi connectivity index (χ0) is 10.7. The molecule has 15 heavy (non-hydrogen) atoms. The topological polar surface area (TPSA) is 38.9 Å². The van der Waals surface area contributed by atoms with Gasteiger partial charge in [0.25, 0.3) is 0 Å². The van der Waals surface area contributed by atoms with Crippen molar-refractivity contribution in [2.45, 2.75) is 45.1 Å². The van der Waals surface area contributed by atoms with Gasteiger partial charge in [-0.25, -0.2) is 4.98 Å². The molecule has 1 aliphatic carbocycles. The minimum absolute atomic E-state index is 0.191. The number of thiazole rings is 1. The fourth-order valence-corrected chi connectivity index (χ4v) is 2.85. The number of hydrogen-bond acceptors (Lipinski definition) is 3. The zero-order valence-corrected chi connectivity index (χ0v) is 10.0. The van der Waals surface area contributed by atoms with E-state index in [0.29, 0.717) is 0 Å². The first-order valence-electron chi connectivity index (χ1n) is 5.61. The van der Waals surface area contributed by atoms with E-state index in [-0.39, 0.29) is 6.04 Å². The maximum absolute atomic E-state index is 6.19. The van der Waals surface area contributed by atoms with Gasteiger partial charge >= 0.3 is 0 Å². The van der Waals surface area contributed by atoms with Crippen LogP contribution in [-0.2, 0) is 6.42 Å². The van der Waals surface area contributed by atoms with Gasteiger partial charge in [0.05, 0.1) is 5.01 Å². The van der Waals surface area contributed by atoms with E-state index in [1.165, 1.54) is 36.3 Å². The van der Waals surface area contributed by atoms with E-state index in [1.54, 1.807) is 11.3 Å². The van der Waals surface area contributed by atoms with Crippen LogP contribution in [0.25, 0.3) is 0 Å². The summed E-state index contributed by atoms with van der Waals surface area (Å²) in [4.78, 5) is 4.46. The highest BCUT2D eigenvalue weighted by molar-refractivity contribution is 7.09. The van der Waals surface area contributed by atoms with Crippen molar-refractivity contribution in [2.24, 2.45) is 5.73 Å². The molecule has 1 aromatic heterocycles. The van der Waals surface area contributed by atoms with Crippen LogP contribution in [0, 0.1) is 6.92 Å². The molecule has 1 aromatic rings. The van der Waals surface area contributed by atoms with Crippen molar-refractivity contribution in [3.05, 3.63) is 27.7 Å². The van der Waals surface area contributed by atoms with Crippen molar-refractivity contribution in [1.29, 1.82) is 0 Å². The summed E-state index contributed by atoms with van der Waals surface area (Å²) in [5, 5.41) is 3.27. The number of hydrogen-bond donors (Lipinski definition) is 1. The van der Waals surface area contributed by atoms with E-state index in [4.69, 9.17) is 5.73 Å². The third-order valence-electron chi connectivity index (χ3n) is 2.86. The number of rotatable bonds is 3. The quantitative estimate of drug-likeness (QED) is 0.799. The molecule has 1 unspecified atom stereocenters. The van der Waals surface area contributed by atoms with Crippen LogP contribution in [0.1, 0.15) is 36.4 Å². The smallest absolute Gasteiger partial charge is 0.0946 e. The van der Waals surface area contributed by atoms with E-state index in [0.717, 1.165) is 12.1 Å². The maximum Gasteiger partial charge on any atom is 0.0946 e. The molecule has 2 N–H and O–H groups in total. The molecule has 1 aliphatic rings. The molecule has 0 radical (unpaired) electrons. The first-order valence-corrected chi connectivity index (χ1v) is 6.49. The molecule has 0 aliphatic heterocycles. The average molecular weight is 222 g/mol. The van der Waals surface area contributed by atoms with Crippen molar-refractivity contribution in [2.75, 3.05) is 0 Å². The van der Waals surface area contributed by atoms with Crippen LogP contribution in [0.4, 0.5) is 0 Å². The standard InChI is InChI=1S/C12H18N2S/c1-9-8-15-12(14-9)7-11(13)10-5-3-2-4-6-10/h5,8,11H,2-4,6-7,13H2,1H3. The predicted molar refractivity (Wildman–Crippen MR) is 65.1 cm³/mol. The van der Waals surface area contributed by atoms with Gasteiger partial charge < -0.3 is 5.73 Å². The van der Waals surface area contributed by atoms with Crippen molar-refractivity contribution in [3.8, 4) is 0 Å². The Morgan fingerprint density at radius 3 is 3.00 bits per heavy atom. The molecule has 0 saturated carbocycles. The Kier molecular flexibility index (Phi) is 3.54. The highest BCUT2D eigenvalue weighted by atomic mass is 32.1. The molecule has 1 atom stereocenters. The molecule has 0 bridgehead atoms. The fraction of sp³-hybridized carbons (Fsp3) is 0.583. The Morgan fingerprint density at radius 1 is 1.53 bits per heavy atom. The normalized spacial score (nSPS) is 18.7. The predicted octanol–water partition coefficient (Wildman–Crippen LogP) is 2.82. The van der Waals surface area contributed by atoms with Gasteiger partial charge in [-0.1, -0.05) is 11.6 Å². The third-order valence-corrected chi connectivity index (χ3v) is 3.85. The van der Waals surface area contributed by atoms with Gasteiger partial charge in [0.15, 0.2) is 0 Å². The van der Waals surface area contributed by atoms with Crippen LogP contribution in [0.5, 0.6) is 0 Å². The van der Waals surface area contributed by atoms with E-state index < -0.39 is 0 Å². The lowest BCUT2D eigenvalue weighted by molar-refractivity contribution is 0.629. The molecule has 0 saturated heterocycles. The molecule has 0 aromatic carbocycles. The van der Waals surface area contributed by atoms with Gasteiger partial charge in [0.2, 0.25) is 0 Å². The Bertz CT molecular complexity index is 354. The van der Waals surface area contributed by atoms with Crippen molar-refractivity contribution in [3.63, 3.8) is 0 Å². The largest absolute Gasteiger partial charge is 0.324 e. The maximum atomic E-state index is 6.19. The molecule has 0 spiro atoms. The van der Waals surface area contributed by atoms with Crippen LogP contribution in [0.2, 0.25) is 0 Å². The molecule has 0 amide bonds. The fourth-order valence-electron chi connectivity index (χ4n) is 2.02. The molecule has 3 heteroatoms. The first-order chi connectivity index (χ1) is 7.25. The van der Waals surface area contributed by atoms with Gasteiger partial charge in [0.1, 0.15) is 0 Å². The summed E-state index contributed by atoms with van der Waals surface area (Å²) in [6, 6.07) is 0.191. The van der Waals surface area contributed by atoms with E-state index in [1.807, 2.05) is 6.92 Å². The monoisotopic (exact) mass is 222 g/mol. The van der Waals surface area contributed by atoms with Crippen LogP contribution >= 0.6 is 11.3 Å². The second kappa shape index (κ2) is 4.90. The molecule has 2 nitrogen and oxygen atoms in total. The minimum atomic E-state index is 0.191. The Balaban J connectivity index is 1.96. The summed E-state index contributed by atoms with van der Waals surface area (Å²) >= 11 is 1.72. The van der Waals surface area contributed by atoms with Crippen LogP contribution in [0.3, 0.4) is 0 Å². The van der Waals surface area contributed by atoms with Crippen molar-refractivity contribution >= 4 is 11.3 Å². The van der Waals surface area contributed by atoms with Crippen molar-refractivity contribution < 1.29 is 0 Å². The zero-order valence-electron chi connectivity index (χ0n) is 9.20. The Morgan fingerprint density at radius 2 is 2.40 bits per heavy atom. The molecular weight excluding hydrogens is 204 g/mol. The molecule has 1 heterocycles. The van der Waals surface area contributed by atoms with Gasteiger partial charge in [-0.2, -0.15) is 0 Å². The van der Waals surface area contributed by atoms with E-state index in [2.05, 4.69) is 16.4 Å². The second-order valence-electron chi connectivity index (χ2n) is 4.22. The first kappa shape index (κ1) is 10.8. The SMILES string of the molecule is Cc1csc(CC(N)C2=CCCCC2)n1. The van der Waals surface area contributed by atoms with Gasteiger partial charge in [-0.3, -0.25) is 0 Å². The summed E-state index contributed by atoms with van der Waals surface area (Å²) in [5.41, 5.74) is 8.74. The Hall–Kier alpha value is -0.670. The van der Waals surface area contributed by atoms with Crippen LogP contribution in [0.15, 0.2) is 17.0 Å². The number of aromatic nitrogens is 1. The lowest BCUT2D eigenvalue weighted by atomic mass is 9.93. The number of nitrogens with two attached hydrogens (primary N) is 1. The summed E-state index contributed by atoms with van der Waals surface area (Å²) in [5.74, 6) is 0. The van der Waals surface area contributed by atoms with Crippen LogP contribution < -0.4 is 5.73 Å². The number of allylic oxidation sites excluding steroid dienone is 1. The van der Waals surface area contributed by atoms with Gasteiger partial charge in [-0.15, -0.1) is 11.3 Å². The summed E-state index contributed by atoms with van der Waals surface area (Å²) < 4.78 is 0. The van der Waals surface area contributed by atoms with E-state index >= 15 is 0 Å². The Labute approximate surface area is 95.2 Å². The average Bonchev–Trinajstić information content (AvgIpc) is 2.65. The lowest BCUT2D eigenvalue weighted by Crippen LogP contribution is -2.26. The number of nitrogens with zero attached hydrogens (tertiary/aromatic N) is 1. The summed E-state index contributed by atoms with van der Waals surface area (Å²) in [7, 11) is 0.